The van der Waals surface area contributed by atoms with E-state index in [0.29, 0.717) is 5.41 Å². The minimum atomic E-state index is 0.583. The lowest BCUT2D eigenvalue weighted by molar-refractivity contribution is 0.0831. The van der Waals surface area contributed by atoms with Crippen LogP contribution in [0.15, 0.2) is 0 Å². The summed E-state index contributed by atoms with van der Waals surface area (Å²) >= 11 is 0. The second-order valence-electron chi connectivity index (χ2n) is 8.75. The molecule has 0 aromatic heterocycles. The minimum Gasteiger partial charge on any atom is -0.311 e. The van der Waals surface area contributed by atoms with E-state index in [-0.39, 0.29) is 0 Å². The molecule has 21 heavy (non-hydrogen) atoms. The molecule has 0 amide bonds. The minimum absolute atomic E-state index is 0.583. The fourth-order valence-electron chi connectivity index (χ4n) is 5.19. The molecular formula is C19H36N2. The van der Waals surface area contributed by atoms with Gasteiger partial charge in [0.25, 0.3) is 0 Å². The van der Waals surface area contributed by atoms with Crippen LogP contribution in [0.3, 0.4) is 0 Å². The van der Waals surface area contributed by atoms with E-state index in [2.05, 4.69) is 31.0 Å². The van der Waals surface area contributed by atoms with Gasteiger partial charge in [-0.3, -0.25) is 4.90 Å². The van der Waals surface area contributed by atoms with E-state index in [4.69, 9.17) is 0 Å². The van der Waals surface area contributed by atoms with Crippen LogP contribution in [0, 0.1) is 5.41 Å². The lowest BCUT2D eigenvalue weighted by atomic mass is 9.85. The topological polar surface area (TPSA) is 15.3 Å². The first kappa shape index (κ1) is 15.8. The second-order valence-corrected chi connectivity index (χ2v) is 8.75. The van der Waals surface area contributed by atoms with E-state index in [9.17, 15) is 0 Å². The first-order valence-corrected chi connectivity index (χ1v) is 9.59. The summed E-state index contributed by atoms with van der Waals surface area (Å²) < 4.78 is 0. The average Bonchev–Trinajstić information content (AvgIpc) is 2.67. The first-order valence-electron chi connectivity index (χ1n) is 9.59. The largest absolute Gasteiger partial charge is 0.311 e. The highest BCUT2D eigenvalue weighted by molar-refractivity contribution is 4.97. The van der Waals surface area contributed by atoms with Gasteiger partial charge in [0.15, 0.2) is 0 Å². The quantitative estimate of drug-likeness (QED) is 0.775. The van der Waals surface area contributed by atoms with E-state index < -0.39 is 0 Å². The van der Waals surface area contributed by atoms with Crippen molar-refractivity contribution in [2.24, 2.45) is 5.41 Å². The summed E-state index contributed by atoms with van der Waals surface area (Å²) in [6, 6.07) is 3.40. The van der Waals surface area contributed by atoms with Gasteiger partial charge in [0.2, 0.25) is 0 Å². The van der Waals surface area contributed by atoms with Crippen LogP contribution < -0.4 is 5.32 Å². The molecule has 1 saturated carbocycles. The van der Waals surface area contributed by atoms with E-state index >= 15 is 0 Å². The van der Waals surface area contributed by atoms with Gasteiger partial charge in [-0.2, -0.15) is 0 Å². The Morgan fingerprint density at radius 1 is 0.952 bits per heavy atom. The standard InChI is InChI=1S/C19H36N2/c1-4-12-21(17-6-5-10-19(2,3)11-9-17)18-13-15-7-8-16(14-18)20-15/h15-18,20H,4-14H2,1-3H3. The summed E-state index contributed by atoms with van der Waals surface area (Å²) in [5.41, 5.74) is 0.583. The van der Waals surface area contributed by atoms with Crippen LogP contribution in [0.4, 0.5) is 0 Å². The van der Waals surface area contributed by atoms with E-state index in [1.807, 2.05) is 0 Å². The summed E-state index contributed by atoms with van der Waals surface area (Å²) in [6.07, 6.45) is 14.2. The van der Waals surface area contributed by atoms with Crippen LogP contribution in [-0.2, 0) is 0 Å². The molecule has 122 valence electrons. The Balaban J connectivity index is 1.66. The third-order valence-electron chi connectivity index (χ3n) is 6.41. The highest BCUT2D eigenvalue weighted by atomic mass is 15.2. The van der Waals surface area contributed by atoms with E-state index in [1.54, 1.807) is 0 Å². The van der Waals surface area contributed by atoms with Crippen LogP contribution in [-0.4, -0.2) is 35.6 Å². The molecule has 2 bridgehead atoms. The zero-order chi connectivity index (χ0) is 14.9. The summed E-state index contributed by atoms with van der Waals surface area (Å²) in [4.78, 5) is 2.95. The fraction of sp³-hybridized carbons (Fsp3) is 1.00. The molecule has 2 aliphatic heterocycles. The number of rotatable bonds is 4. The number of fused-ring (bicyclic) bond motifs is 2. The highest BCUT2D eigenvalue weighted by Crippen LogP contribution is 2.38. The maximum absolute atomic E-state index is 3.82. The monoisotopic (exact) mass is 292 g/mol. The molecule has 0 aromatic rings. The molecule has 0 spiro atoms. The molecule has 3 rings (SSSR count). The molecule has 3 unspecified atom stereocenters. The van der Waals surface area contributed by atoms with Gasteiger partial charge >= 0.3 is 0 Å². The molecule has 1 N–H and O–H groups in total. The van der Waals surface area contributed by atoms with Crippen LogP contribution >= 0.6 is 0 Å². The zero-order valence-electron chi connectivity index (χ0n) is 14.5. The second kappa shape index (κ2) is 6.58. The molecule has 0 aromatic carbocycles. The number of nitrogens with one attached hydrogen (secondary N) is 1. The van der Waals surface area contributed by atoms with Crippen molar-refractivity contribution in [3.8, 4) is 0 Å². The first-order chi connectivity index (χ1) is 10.1. The van der Waals surface area contributed by atoms with E-state index in [0.717, 1.165) is 24.2 Å². The van der Waals surface area contributed by atoms with Crippen LogP contribution in [0.2, 0.25) is 0 Å². The van der Waals surface area contributed by atoms with Gasteiger partial charge in [0, 0.05) is 24.2 Å². The normalized spacial score (nSPS) is 39.4. The summed E-state index contributed by atoms with van der Waals surface area (Å²) in [7, 11) is 0. The summed E-state index contributed by atoms with van der Waals surface area (Å²) in [5.74, 6) is 0. The molecule has 2 heterocycles. The maximum atomic E-state index is 3.82. The maximum Gasteiger partial charge on any atom is 0.0128 e. The Morgan fingerprint density at radius 2 is 1.67 bits per heavy atom. The predicted molar refractivity (Wildman–Crippen MR) is 90.6 cm³/mol. The molecular weight excluding hydrogens is 256 g/mol. The van der Waals surface area contributed by atoms with Crippen LogP contribution in [0.25, 0.3) is 0 Å². The molecule has 1 aliphatic carbocycles. The molecule has 2 nitrogen and oxygen atoms in total. The van der Waals surface area contributed by atoms with E-state index in [1.165, 1.54) is 70.8 Å². The molecule has 3 aliphatic rings. The Labute approximate surface area is 132 Å². The van der Waals surface area contributed by atoms with Gasteiger partial charge in [-0.15, -0.1) is 0 Å². The summed E-state index contributed by atoms with van der Waals surface area (Å²) in [5, 5.41) is 3.82. The van der Waals surface area contributed by atoms with Gasteiger partial charge < -0.3 is 5.32 Å². The predicted octanol–water partition coefficient (Wildman–Crippen LogP) is 4.34. The zero-order valence-corrected chi connectivity index (χ0v) is 14.5. The van der Waals surface area contributed by atoms with Crippen LogP contribution in [0.1, 0.15) is 85.0 Å². The molecule has 3 atom stereocenters. The van der Waals surface area contributed by atoms with Crippen molar-refractivity contribution in [2.45, 2.75) is 109 Å². The third kappa shape index (κ3) is 3.82. The van der Waals surface area contributed by atoms with Crippen molar-refractivity contribution >= 4 is 0 Å². The van der Waals surface area contributed by atoms with Gasteiger partial charge in [0.1, 0.15) is 0 Å². The molecule has 2 heteroatoms. The highest BCUT2D eigenvalue weighted by Gasteiger charge is 2.38. The van der Waals surface area contributed by atoms with Crippen molar-refractivity contribution < 1.29 is 0 Å². The van der Waals surface area contributed by atoms with Gasteiger partial charge in [0.05, 0.1) is 0 Å². The van der Waals surface area contributed by atoms with Crippen molar-refractivity contribution in [1.29, 1.82) is 0 Å². The van der Waals surface area contributed by atoms with Crippen LogP contribution in [0.5, 0.6) is 0 Å². The molecule has 2 saturated heterocycles. The van der Waals surface area contributed by atoms with Gasteiger partial charge in [-0.25, -0.2) is 0 Å². The number of piperidine rings is 1. The fourth-order valence-corrected chi connectivity index (χ4v) is 5.19. The molecule has 3 fully saturated rings. The van der Waals surface area contributed by atoms with Crippen molar-refractivity contribution in [1.82, 2.24) is 10.2 Å². The Morgan fingerprint density at radius 3 is 2.33 bits per heavy atom. The number of hydrogen-bond donors (Lipinski definition) is 1. The van der Waals surface area contributed by atoms with Crippen molar-refractivity contribution in [2.75, 3.05) is 6.54 Å². The SMILES string of the molecule is CCCN(C1CCCC(C)(C)CC1)C1CC2CCC(C1)N2. The van der Waals surface area contributed by atoms with Crippen molar-refractivity contribution in [3.05, 3.63) is 0 Å². The smallest absolute Gasteiger partial charge is 0.0128 e. The summed E-state index contributed by atoms with van der Waals surface area (Å²) in [6.45, 7) is 8.65. The Hall–Kier alpha value is -0.0800. The number of nitrogens with zero attached hydrogens (tertiary/aromatic N) is 1. The van der Waals surface area contributed by atoms with Crippen molar-refractivity contribution in [3.63, 3.8) is 0 Å². The Kier molecular flexibility index (Phi) is 4.95. The Bertz CT molecular complexity index is 326. The van der Waals surface area contributed by atoms with Gasteiger partial charge in [-0.05, 0) is 69.7 Å². The average molecular weight is 293 g/mol. The number of hydrogen-bond acceptors (Lipinski definition) is 2. The third-order valence-corrected chi connectivity index (χ3v) is 6.41. The van der Waals surface area contributed by atoms with Gasteiger partial charge in [-0.1, -0.05) is 27.2 Å². The lowest BCUT2D eigenvalue weighted by Gasteiger charge is -2.42. The lowest BCUT2D eigenvalue weighted by Crippen LogP contribution is -2.51. The molecule has 0 radical (unpaired) electrons.